The van der Waals surface area contributed by atoms with Crippen LogP contribution in [0.5, 0.6) is 0 Å². The van der Waals surface area contributed by atoms with Crippen LogP contribution in [0.4, 0.5) is 0 Å². The monoisotopic (exact) mass is 310 g/mol. The average Bonchev–Trinajstić information content (AvgIpc) is 2.98. The summed E-state index contributed by atoms with van der Waals surface area (Å²) in [5, 5.41) is 13.4. The van der Waals surface area contributed by atoms with Gasteiger partial charge in [-0.1, -0.05) is 11.8 Å². The SMILES string of the molecule is Cc1nc(SCC[NH2+]CCO)c2c3c(sc2n1)CCC3. The van der Waals surface area contributed by atoms with Crippen LogP contribution in [0.15, 0.2) is 5.03 Å². The first kappa shape index (κ1) is 14.3. The van der Waals surface area contributed by atoms with Gasteiger partial charge in [-0.15, -0.1) is 11.3 Å². The fraction of sp³-hybridized carbons (Fsp3) is 0.571. The average molecular weight is 310 g/mol. The molecule has 2 aromatic rings. The third kappa shape index (κ3) is 2.83. The van der Waals surface area contributed by atoms with Crippen molar-refractivity contribution in [1.82, 2.24) is 9.97 Å². The molecule has 6 heteroatoms. The van der Waals surface area contributed by atoms with Crippen LogP contribution in [0, 0.1) is 6.92 Å². The van der Waals surface area contributed by atoms with Crippen molar-refractivity contribution in [2.24, 2.45) is 0 Å². The van der Waals surface area contributed by atoms with Gasteiger partial charge in [0.1, 0.15) is 15.7 Å². The van der Waals surface area contributed by atoms with Crippen LogP contribution >= 0.6 is 23.1 Å². The molecule has 2 heterocycles. The molecular weight excluding hydrogens is 290 g/mol. The fourth-order valence-corrected chi connectivity index (χ4v) is 5.05. The predicted molar refractivity (Wildman–Crippen MR) is 83.6 cm³/mol. The van der Waals surface area contributed by atoms with Crippen molar-refractivity contribution < 1.29 is 10.4 Å². The van der Waals surface area contributed by atoms with E-state index >= 15 is 0 Å². The molecule has 0 aliphatic heterocycles. The van der Waals surface area contributed by atoms with E-state index in [2.05, 4.69) is 15.3 Å². The van der Waals surface area contributed by atoms with Gasteiger partial charge in [0.2, 0.25) is 0 Å². The van der Waals surface area contributed by atoms with Crippen molar-refractivity contribution >= 4 is 33.3 Å². The van der Waals surface area contributed by atoms with Crippen molar-refractivity contribution in [3.05, 3.63) is 16.3 Å². The Kier molecular flexibility index (Phi) is 4.55. The summed E-state index contributed by atoms with van der Waals surface area (Å²) >= 11 is 3.68. The summed E-state index contributed by atoms with van der Waals surface area (Å²) < 4.78 is 0. The summed E-state index contributed by atoms with van der Waals surface area (Å²) in [4.78, 5) is 12.0. The first-order chi connectivity index (χ1) is 9.79. The second kappa shape index (κ2) is 6.39. The molecule has 0 saturated carbocycles. The zero-order valence-corrected chi connectivity index (χ0v) is 13.3. The Labute approximate surface area is 127 Å². The number of aliphatic hydroxyl groups is 1. The molecule has 0 radical (unpaired) electrons. The van der Waals surface area contributed by atoms with E-state index < -0.39 is 0 Å². The highest BCUT2D eigenvalue weighted by atomic mass is 32.2. The minimum absolute atomic E-state index is 0.250. The van der Waals surface area contributed by atoms with Gasteiger partial charge in [-0.05, 0) is 31.7 Å². The first-order valence-electron chi connectivity index (χ1n) is 7.14. The molecule has 0 bridgehead atoms. The van der Waals surface area contributed by atoms with E-state index in [1.165, 1.54) is 39.9 Å². The van der Waals surface area contributed by atoms with E-state index in [4.69, 9.17) is 5.11 Å². The van der Waals surface area contributed by atoms with Gasteiger partial charge >= 0.3 is 0 Å². The van der Waals surface area contributed by atoms with Gasteiger partial charge < -0.3 is 10.4 Å². The summed E-state index contributed by atoms with van der Waals surface area (Å²) in [5.74, 6) is 1.90. The van der Waals surface area contributed by atoms with E-state index in [0.29, 0.717) is 0 Å². The Bertz CT molecular complexity index is 612. The largest absolute Gasteiger partial charge is 0.391 e. The third-order valence-corrected chi connectivity index (χ3v) is 5.73. The Morgan fingerprint density at radius 3 is 3.05 bits per heavy atom. The smallest absolute Gasteiger partial charge is 0.128 e. The quantitative estimate of drug-likeness (QED) is 0.477. The van der Waals surface area contributed by atoms with Crippen molar-refractivity contribution in [1.29, 1.82) is 0 Å². The molecule has 0 atom stereocenters. The van der Waals surface area contributed by atoms with E-state index in [1.807, 2.05) is 30.0 Å². The summed E-state index contributed by atoms with van der Waals surface area (Å²) in [6, 6.07) is 0. The lowest BCUT2D eigenvalue weighted by atomic mass is 10.2. The van der Waals surface area contributed by atoms with Gasteiger partial charge in [-0.3, -0.25) is 0 Å². The van der Waals surface area contributed by atoms with Gasteiger partial charge in [0, 0.05) is 16.0 Å². The number of hydrogen-bond acceptors (Lipinski definition) is 5. The van der Waals surface area contributed by atoms with Crippen molar-refractivity contribution in [2.75, 3.05) is 25.4 Å². The number of thioether (sulfide) groups is 1. The highest BCUT2D eigenvalue weighted by Crippen LogP contribution is 2.40. The molecule has 0 fully saturated rings. The fourth-order valence-electron chi connectivity index (χ4n) is 2.64. The number of quaternary nitrogens is 1. The maximum atomic E-state index is 8.78. The number of rotatable bonds is 6. The molecule has 2 aromatic heterocycles. The third-order valence-electron chi connectivity index (χ3n) is 3.54. The standard InChI is InChI=1S/C14H19N3OS2/c1-9-16-13(19-8-6-15-5-7-18)12-10-3-2-4-11(10)20-14(12)17-9/h15,18H,2-8H2,1H3/p+1. The summed E-state index contributed by atoms with van der Waals surface area (Å²) in [7, 11) is 0. The number of nitrogens with zero attached hydrogens (tertiary/aromatic N) is 2. The normalized spacial score (nSPS) is 14.1. The minimum Gasteiger partial charge on any atom is -0.391 e. The molecule has 1 aliphatic rings. The molecule has 0 aromatic carbocycles. The second-order valence-electron chi connectivity index (χ2n) is 5.05. The van der Waals surface area contributed by atoms with Crippen molar-refractivity contribution in [3.63, 3.8) is 0 Å². The number of thiophene rings is 1. The van der Waals surface area contributed by atoms with Crippen LogP contribution in [0.1, 0.15) is 22.7 Å². The van der Waals surface area contributed by atoms with Crippen LogP contribution in [0.3, 0.4) is 0 Å². The lowest BCUT2D eigenvalue weighted by Gasteiger charge is -2.05. The molecule has 0 amide bonds. The predicted octanol–water partition coefficient (Wildman–Crippen LogP) is 1.14. The Morgan fingerprint density at radius 2 is 2.20 bits per heavy atom. The van der Waals surface area contributed by atoms with Gasteiger partial charge in [-0.2, -0.15) is 0 Å². The maximum Gasteiger partial charge on any atom is 0.128 e. The Balaban J connectivity index is 1.82. The zero-order chi connectivity index (χ0) is 13.9. The first-order valence-corrected chi connectivity index (χ1v) is 8.94. The second-order valence-corrected chi connectivity index (χ2v) is 7.22. The summed E-state index contributed by atoms with van der Waals surface area (Å²) in [6.07, 6.45) is 3.68. The minimum atomic E-state index is 0.250. The van der Waals surface area contributed by atoms with Crippen LogP contribution in [-0.2, 0) is 12.8 Å². The van der Waals surface area contributed by atoms with Crippen molar-refractivity contribution in [3.8, 4) is 0 Å². The molecule has 108 valence electrons. The molecule has 3 N–H and O–H groups in total. The molecule has 20 heavy (non-hydrogen) atoms. The van der Waals surface area contributed by atoms with Gasteiger partial charge in [0.05, 0.1) is 19.7 Å². The highest BCUT2D eigenvalue weighted by molar-refractivity contribution is 7.99. The molecule has 0 saturated heterocycles. The maximum absolute atomic E-state index is 8.78. The van der Waals surface area contributed by atoms with E-state index in [1.54, 1.807) is 0 Å². The summed E-state index contributed by atoms with van der Waals surface area (Å²) in [5.41, 5.74) is 1.51. The van der Waals surface area contributed by atoms with Gasteiger partial charge in [-0.25, -0.2) is 9.97 Å². The lowest BCUT2D eigenvalue weighted by Crippen LogP contribution is -2.85. The lowest BCUT2D eigenvalue weighted by molar-refractivity contribution is -0.651. The number of nitrogens with two attached hydrogens (primary N) is 1. The molecule has 3 rings (SSSR count). The molecular formula is C14H20N3OS2+. The van der Waals surface area contributed by atoms with Gasteiger partial charge in [0.25, 0.3) is 0 Å². The van der Waals surface area contributed by atoms with E-state index in [9.17, 15) is 0 Å². The Morgan fingerprint density at radius 1 is 1.30 bits per heavy atom. The topological polar surface area (TPSA) is 62.6 Å². The summed E-state index contributed by atoms with van der Waals surface area (Å²) in [6.45, 7) is 4.03. The molecule has 0 spiro atoms. The molecule has 4 nitrogen and oxygen atoms in total. The number of aryl methyl sites for hydroxylation is 3. The van der Waals surface area contributed by atoms with Crippen LogP contribution in [0.25, 0.3) is 10.2 Å². The highest BCUT2D eigenvalue weighted by Gasteiger charge is 2.21. The number of aliphatic hydroxyl groups excluding tert-OH is 1. The Hall–Kier alpha value is -0.690. The molecule has 1 aliphatic carbocycles. The van der Waals surface area contributed by atoms with E-state index in [-0.39, 0.29) is 6.61 Å². The van der Waals surface area contributed by atoms with Crippen LogP contribution in [0.2, 0.25) is 0 Å². The molecule has 0 unspecified atom stereocenters. The van der Waals surface area contributed by atoms with Crippen LogP contribution < -0.4 is 5.32 Å². The number of fused-ring (bicyclic) bond motifs is 3. The van der Waals surface area contributed by atoms with E-state index in [0.717, 1.165) is 29.7 Å². The number of hydrogen-bond donors (Lipinski definition) is 2. The van der Waals surface area contributed by atoms with Crippen LogP contribution in [-0.4, -0.2) is 40.5 Å². The zero-order valence-electron chi connectivity index (χ0n) is 11.7. The van der Waals surface area contributed by atoms with Crippen molar-refractivity contribution in [2.45, 2.75) is 31.2 Å². The number of aromatic nitrogens is 2. The van der Waals surface area contributed by atoms with Gasteiger partial charge in [0.15, 0.2) is 0 Å².